The van der Waals surface area contributed by atoms with Gasteiger partial charge in [-0.05, 0) is 30.0 Å². The number of benzene rings is 1. The van der Waals surface area contributed by atoms with Crippen molar-refractivity contribution in [2.75, 3.05) is 0 Å². The van der Waals surface area contributed by atoms with Gasteiger partial charge in [-0.1, -0.05) is 26.0 Å². The molecule has 0 aliphatic heterocycles. The molecule has 5 heteroatoms. The van der Waals surface area contributed by atoms with Gasteiger partial charge < -0.3 is 9.84 Å². The lowest BCUT2D eigenvalue weighted by Gasteiger charge is -2.10. The van der Waals surface area contributed by atoms with Gasteiger partial charge in [0.05, 0.1) is 12.4 Å². The Labute approximate surface area is 117 Å². The Bertz CT molecular complexity index is 579. The number of aromatic carboxylic acids is 1. The van der Waals surface area contributed by atoms with E-state index in [1.165, 1.54) is 18.0 Å². The Morgan fingerprint density at radius 2 is 1.95 bits per heavy atom. The van der Waals surface area contributed by atoms with Crippen LogP contribution in [0.5, 0.6) is 11.6 Å². The third-order valence-electron chi connectivity index (χ3n) is 3.13. The quantitative estimate of drug-likeness (QED) is 0.902. The second-order valence-electron chi connectivity index (χ2n) is 4.53. The number of carbonyl (C=O) groups is 1. The summed E-state index contributed by atoms with van der Waals surface area (Å²) in [5.41, 5.74) is 1.15. The van der Waals surface area contributed by atoms with E-state index in [1.807, 2.05) is 24.3 Å². The molecule has 0 saturated carbocycles. The highest BCUT2D eigenvalue weighted by Crippen LogP contribution is 2.23. The third-order valence-corrected chi connectivity index (χ3v) is 3.13. The van der Waals surface area contributed by atoms with Crippen LogP contribution in [0.25, 0.3) is 0 Å². The second kappa shape index (κ2) is 6.14. The van der Waals surface area contributed by atoms with Gasteiger partial charge in [-0.2, -0.15) is 0 Å². The van der Waals surface area contributed by atoms with Gasteiger partial charge in [0, 0.05) is 0 Å². The summed E-state index contributed by atoms with van der Waals surface area (Å²) in [6.45, 7) is 4.32. The SMILES string of the molecule is CCC(C)c1ccc(Oc2cnc(C(=O)O)cn2)cc1. The number of nitrogens with zero attached hydrogens (tertiary/aromatic N) is 2. The lowest BCUT2D eigenvalue weighted by atomic mass is 9.99. The molecule has 1 atom stereocenters. The summed E-state index contributed by atoms with van der Waals surface area (Å²) in [6, 6.07) is 7.77. The van der Waals surface area contributed by atoms with Gasteiger partial charge in [0.15, 0.2) is 5.69 Å². The van der Waals surface area contributed by atoms with Crippen molar-refractivity contribution in [3.05, 3.63) is 47.9 Å². The molecule has 104 valence electrons. The van der Waals surface area contributed by atoms with Gasteiger partial charge >= 0.3 is 5.97 Å². The van der Waals surface area contributed by atoms with E-state index in [0.29, 0.717) is 11.7 Å². The highest BCUT2D eigenvalue weighted by molar-refractivity contribution is 5.84. The van der Waals surface area contributed by atoms with Gasteiger partial charge in [0.1, 0.15) is 5.75 Å². The van der Waals surface area contributed by atoms with Crippen molar-refractivity contribution in [1.82, 2.24) is 9.97 Å². The number of hydrogen-bond acceptors (Lipinski definition) is 4. The van der Waals surface area contributed by atoms with E-state index in [1.54, 1.807) is 0 Å². The largest absolute Gasteiger partial charge is 0.476 e. The number of carboxylic acids is 1. The fourth-order valence-corrected chi connectivity index (χ4v) is 1.70. The molecule has 2 aromatic rings. The molecule has 2 rings (SSSR count). The van der Waals surface area contributed by atoms with Gasteiger partial charge in [-0.15, -0.1) is 0 Å². The number of aromatic nitrogens is 2. The van der Waals surface area contributed by atoms with Crippen LogP contribution >= 0.6 is 0 Å². The number of carboxylic acid groups (broad SMARTS) is 1. The Morgan fingerprint density at radius 3 is 2.45 bits per heavy atom. The van der Waals surface area contributed by atoms with E-state index in [-0.39, 0.29) is 11.6 Å². The van der Waals surface area contributed by atoms with Crippen molar-refractivity contribution in [2.45, 2.75) is 26.2 Å². The third kappa shape index (κ3) is 3.32. The van der Waals surface area contributed by atoms with E-state index in [4.69, 9.17) is 9.84 Å². The van der Waals surface area contributed by atoms with Crippen molar-refractivity contribution in [2.24, 2.45) is 0 Å². The molecule has 0 amide bonds. The van der Waals surface area contributed by atoms with Crippen LogP contribution in [0.1, 0.15) is 42.2 Å². The molecular formula is C15H16N2O3. The monoisotopic (exact) mass is 272 g/mol. The Hall–Kier alpha value is -2.43. The molecule has 1 aromatic heterocycles. The first-order valence-electron chi connectivity index (χ1n) is 6.43. The molecule has 5 nitrogen and oxygen atoms in total. The van der Waals surface area contributed by atoms with Crippen molar-refractivity contribution in [3.63, 3.8) is 0 Å². The van der Waals surface area contributed by atoms with Crippen LogP contribution < -0.4 is 4.74 Å². The molecular weight excluding hydrogens is 256 g/mol. The van der Waals surface area contributed by atoms with E-state index in [0.717, 1.165) is 6.42 Å². The van der Waals surface area contributed by atoms with Crippen molar-refractivity contribution in [3.8, 4) is 11.6 Å². The van der Waals surface area contributed by atoms with Crippen LogP contribution in [0.15, 0.2) is 36.7 Å². The zero-order valence-electron chi connectivity index (χ0n) is 11.4. The maximum Gasteiger partial charge on any atom is 0.356 e. The summed E-state index contributed by atoms with van der Waals surface area (Å²) >= 11 is 0. The van der Waals surface area contributed by atoms with E-state index < -0.39 is 5.97 Å². The highest BCUT2D eigenvalue weighted by Gasteiger charge is 2.07. The number of rotatable bonds is 5. The normalized spacial score (nSPS) is 11.9. The van der Waals surface area contributed by atoms with Crippen LogP contribution in [0, 0.1) is 0 Å². The molecule has 0 bridgehead atoms. The molecule has 1 N–H and O–H groups in total. The standard InChI is InChI=1S/C15H16N2O3/c1-3-10(2)11-4-6-12(7-5-11)20-14-9-16-13(8-17-14)15(18)19/h4-10H,3H2,1-2H3,(H,18,19). The zero-order valence-corrected chi connectivity index (χ0v) is 11.4. The van der Waals surface area contributed by atoms with Crippen molar-refractivity contribution < 1.29 is 14.6 Å². The van der Waals surface area contributed by atoms with Crippen LogP contribution in [0.4, 0.5) is 0 Å². The minimum absolute atomic E-state index is 0.107. The summed E-state index contributed by atoms with van der Waals surface area (Å²) in [6.07, 6.45) is 3.56. The van der Waals surface area contributed by atoms with Gasteiger partial charge in [-0.25, -0.2) is 14.8 Å². The average Bonchev–Trinajstić information content (AvgIpc) is 2.48. The Morgan fingerprint density at radius 1 is 1.25 bits per heavy atom. The minimum atomic E-state index is -1.11. The van der Waals surface area contributed by atoms with Gasteiger partial charge in [-0.3, -0.25) is 0 Å². The summed E-state index contributed by atoms with van der Waals surface area (Å²) in [5.74, 6) is 0.321. The molecule has 1 heterocycles. The van der Waals surface area contributed by atoms with Crippen molar-refractivity contribution >= 4 is 5.97 Å². The van der Waals surface area contributed by atoms with Crippen LogP contribution in [-0.2, 0) is 0 Å². The molecule has 20 heavy (non-hydrogen) atoms. The lowest BCUT2D eigenvalue weighted by Crippen LogP contribution is -2.01. The smallest absolute Gasteiger partial charge is 0.356 e. The van der Waals surface area contributed by atoms with E-state index >= 15 is 0 Å². The Balaban J connectivity index is 2.08. The molecule has 0 radical (unpaired) electrons. The summed E-state index contributed by atoms with van der Waals surface area (Å²) < 4.78 is 5.51. The Kier molecular flexibility index (Phi) is 4.30. The summed E-state index contributed by atoms with van der Waals surface area (Å²) in [4.78, 5) is 18.3. The van der Waals surface area contributed by atoms with E-state index in [2.05, 4.69) is 23.8 Å². The molecule has 1 aromatic carbocycles. The molecule has 0 fully saturated rings. The molecule has 0 aliphatic rings. The maximum absolute atomic E-state index is 10.7. The van der Waals surface area contributed by atoms with Crippen molar-refractivity contribution in [1.29, 1.82) is 0 Å². The summed E-state index contributed by atoms with van der Waals surface area (Å²) in [5, 5.41) is 8.73. The number of ether oxygens (including phenoxy) is 1. The first-order valence-corrected chi connectivity index (χ1v) is 6.43. The lowest BCUT2D eigenvalue weighted by molar-refractivity contribution is 0.0690. The molecule has 0 spiro atoms. The summed E-state index contributed by atoms with van der Waals surface area (Å²) in [7, 11) is 0. The average molecular weight is 272 g/mol. The number of hydrogen-bond donors (Lipinski definition) is 1. The molecule has 0 saturated heterocycles. The molecule has 0 aliphatic carbocycles. The van der Waals surface area contributed by atoms with Crippen LogP contribution in [-0.4, -0.2) is 21.0 Å². The second-order valence-corrected chi connectivity index (χ2v) is 4.53. The van der Waals surface area contributed by atoms with E-state index in [9.17, 15) is 4.79 Å². The first kappa shape index (κ1) is 14.0. The fourth-order valence-electron chi connectivity index (χ4n) is 1.70. The maximum atomic E-state index is 10.7. The highest BCUT2D eigenvalue weighted by atomic mass is 16.5. The van der Waals surface area contributed by atoms with Gasteiger partial charge in [0.25, 0.3) is 0 Å². The van der Waals surface area contributed by atoms with Gasteiger partial charge in [0.2, 0.25) is 5.88 Å². The van der Waals surface area contributed by atoms with Crippen LogP contribution in [0.3, 0.4) is 0 Å². The topological polar surface area (TPSA) is 72.3 Å². The first-order chi connectivity index (χ1) is 9.60. The minimum Gasteiger partial charge on any atom is -0.476 e. The zero-order chi connectivity index (χ0) is 14.5. The predicted molar refractivity (Wildman–Crippen MR) is 74.2 cm³/mol. The fraction of sp³-hybridized carbons (Fsp3) is 0.267. The van der Waals surface area contributed by atoms with Crippen LogP contribution in [0.2, 0.25) is 0 Å². The predicted octanol–water partition coefficient (Wildman–Crippen LogP) is 3.48. The molecule has 1 unspecified atom stereocenters.